The molecule has 2 rings (SSSR count). The summed E-state index contributed by atoms with van der Waals surface area (Å²) in [6, 6.07) is 7.37. The van der Waals surface area contributed by atoms with Gasteiger partial charge in [0, 0.05) is 4.47 Å². The fourth-order valence-electron chi connectivity index (χ4n) is 1.65. The number of anilines is 1. The number of carboxylic acids is 1. The summed E-state index contributed by atoms with van der Waals surface area (Å²) in [5.74, 6) is -0.189. The molecule has 1 aromatic carbocycles. The summed E-state index contributed by atoms with van der Waals surface area (Å²) in [6.45, 7) is 1.94. The van der Waals surface area contributed by atoms with E-state index in [-0.39, 0.29) is 11.4 Å². The highest BCUT2D eigenvalue weighted by Gasteiger charge is 2.22. The maximum atomic E-state index is 11.3. The van der Waals surface area contributed by atoms with Crippen molar-refractivity contribution in [2.45, 2.75) is 11.9 Å². The van der Waals surface area contributed by atoms with Gasteiger partial charge in [0.15, 0.2) is 0 Å². The number of carbonyl (C=O) groups is 1. The number of aromatic nitrogens is 2. The SMILES string of the molecule is CCSc1nn(-c2cccc(Br)c2)c(N)c1C(=O)O. The minimum Gasteiger partial charge on any atom is -0.477 e. The second-order valence-corrected chi connectivity index (χ2v) is 5.86. The Hall–Kier alpha value is -1.47. The Bertz CT molecular complexity index is 627. The van der Waals surface area contributed by atoms with Crippen molar-refractivity contribution in [1.82, 2.24) is 9.78 Å². The predicted molar refractivity (Wildman–Crippen MR) is 79.0 cm³/mol. The molecule has 2 aromatic rings. The van der Waals surface area contributed by atoms with Crippen molar-refractivity contribution in [3.63, 3.8) is 0 Å². The Morgan fingerprint density at radius 1 is 1.58 bits per heavy atom. The normalized spacial score (nSPS) is 10.6. The number of nitrogen functional groups attached to an aromatic ring is 1. The first kappa shape index (κ1) is 14.0. The van der Waals surface area contributed by atoms with Crippen molar-refractivity contribution in [2.24, 2.45) is 0 Å². The van der Waals surface area contributed by atoms with Crippen LogP contribution in [-0.2, 0) is 0 Å². The Morgan fingerprint density at radius 3 is 2.89 bits per heavy atom. The molecule has 5 nitrogen and oxygen atoms in total. The minimum atomic E-state index is -1.06. The second kappa shape index (κ2) is 5.66. The number of halogens is 1. The third-order valence-electron chi connectivity index (χ3n) is 2.44. The molecule has 0 saturated heterocycles. The standard InChI is InChI=1S/C12H12BrN3O2S/c1-2-19-11-9(12(17)18)10(14)16(15-11)8-5-3-4-7(13)6-8/h3-6H,2,14H2,1H3,(H,17,18). The molecule has 19 heavy (non-hydrogen) atoms. The van der Waals surface area contributed by atoms with Gasteiger partial charge in [-0.3, -0.25) is 0 Å². The molecule has 0 saturated carbocycles. The Labute approximate surface area is 122 Å². The molecule has 0 fully saturated rings. The highest BCUT2D eigenvalue weighted by Crippen LogP contribution is 2.29. The molecule has 7 heteroatoms. The van der Waals surface area contributed by atoms with Gasteiger partial charge in [-0.15, -0.1) is 11.8 Å². The average molecular weight is 342 g/mol. The first-order valence-electron chi connectivity index (χ1n) is 5.55. The first-order chi connectivity index (χ1) is 9.04. The smallest absolute Gasteiger partial charge is 0.342 e. The highest BCUT2D eigenvalue weighted by molar-refractivity contribution is 9.10. The van der Waals surface area contributed by atoms with Gasteiger partial charge in [-0.2, -0.15) is 5.10 Å². The van der Waals surface area contributed by atoms with Crippen LogP contribution in [0.2, 0.25) is 0 Å². The number of carboxylic acid groups (broad SMARTS) is 1. The van der Waals surface area contributed by atoms with Gasteiger partial charge in [0.05, 0.1) is 5.69 Å². The molecule has 1 heterocycles. The first-order valence-corrected chi connectivity index (χ1v) is 7.33. The van der Waals surface area contributed by atoms with Gasteiger partial charge in [-0.25, -0.2) is 9.48 Å². The monoisotopic (exact) mass is 341 g/mol. The zero-order valence-corrected chi connectivity index (χ0v) is 12.5. The molecule has 0 aliphatic rings. The van der Waals surface area contributed by atoms with Crippen LogP contribution in [0.15, 0.2) is 33.8 Å². The van der Waals surface area contributed by atoms with E-state index in [2.05, 4.69) is 21.0 Å². The van der Waals surface area contributed by atoms with Crippen molar-refractivity contribution < 1.29 is 9.90 Å². The van der Waals surface area contributed by atoms with Crippen LogP contribution < -0.4 is 5.73 Å². The molecule has 0 bridgehead atoms. The van der Waals surface area contributed by atoms with E-state index in [1.165, 1.54) is 16.4 Å². The van der Waals surface area contributed by atoms with Crippen molar-refractivity contribution in [1.29, 1.82) is 0 Å². The van der Waals surface area contributed by atoms with E-state index >= 15 is 0 Å². The molecule has 0 aliphatic carbocycles. The molecular formula is C12H12BrN3O2S. The third-order valence-corrected chi connectivity index (χ3v) is 3.78. The number of nitrogens with two attached hydrogens (primary N) is 1. The Morgan fingerprint density at radius 2 is 2.32 bits per heavy atom. The fourth-order valence-corrected chi connectivity index (χ4v) is 2.79. The molecule has 0 amide bonds. The van der Waals surface area contributed by atoms with E-state index in [9.17, 15) is 9.90 Å². The lowest BCUT2D eigenvalue weighted by Crippen LogP contribution is -2.05. The van der Waals surface area contributed by atoms with Gasteiger partial charge >= 0.3 is 5.97 Å². The van der Waals surface area contributed by atoms with Crippen molar-refractivity contribution >= 4 is 39.5 Å². The zero-order valence-electron chi connectivity index (χ0n) is 10.1. The van der Waals surface area contributed by atoms with Gasteiger partial charge < -0.3 is 10.8 Å². The summed E-state index contributed by atoms with van der Waals surface area (Å²) < 4.78 is 2.33. The quantitative estimate of drug-likeness (QED) is 0.835. The van der Waals surface area contributed by atoms with E-state index in [1.807, 2.05) is 31.2 Å². The molecule has 100 valence electrons. The average Bonchev–Trinajstić information content (AvgIpc) is 2.67. The van der Waals surface area contributed by atoms with Crippen molar-refractivity contribution in [2.75, 3.05) is 11.5 Å². The maximum Gasteiger partial charge on any atom is 0.342 e. The lowest BCUT2D eigenvalue weighted by Gasteiger charge is -2.04. The van der Waals surface area contributed by atoms with Crippen LogP contribution >= 0.6 is 27.7 Å². The van der Waals surface area contributed by atoms with Gasteiger partial charge in [0.2, 0.25) is 0 Å². The lowest BCUT2D eigenvalue weighted by atomic mass is 10.3. The highest BCUT2D eigenvalue weighted by atomic mass is 79.9. The van der Waals surface area contributed by atoms with E-state index in [0.717, 1.165) is 15.9 Å². The number of hydrogen-bond acceptors (Lipinski definition) is 4. The van der Waals surface area contributed by atoms with Crippen LogP contribution in [0.5, 0.6) is 0 Å². The molecular weight excluding hydrogens is 330 g/mol. The van der Waals surface area contributed by atoms with Crippen LogP contribution in [0.1, 0.15) is 17.3 Å². The Kier molecular flexibility index (Phi) is 4.16. The number of thioether (sulfide) groups is 1. The molecule has 0 radical (unpaired) electrons. The van der Waals surface area contributed by atoms with Crippen molar-refractivity contribution in [3.05, 3.63) is 34.3 Å². The molecule has 3 N–H and O–H groups in total. The third kappa shape index (κ3) is 2.76. The van der Waals surface area contributed by atoms with E-state index in [0.29, 0.717) is 5.03 Å². The summed E-state index contributed by atoms with van der Waals surface area (Å²) in [7, 11) is 0. The van der Waals surface area contributed by atoms with Crippen LogP contribution in [-0.4, -0.2) is 26.6 Å². The van der Waals surface area contributed by atoms with Crippen LogP contribution in [0.4, 0.5) is 5.82 Å². The van der Waals surface area contributed by atoms with E-state index in [1.54, 1.807) is 0 Å². The van der Waals surface area contributed by atoms with Crippen LogP contribution in [0.25, 0.3) is 5.69 Å². The summed E-state index contributed by atoms with van der Waals surface area (Å²) in [4.78, 5) is 11.3. The van der Waals surface area contributed by atoms with Gasteiger partial charge in [-0.1, -0.05) is 28.9 Å². The molecule has 0 atom stereocenters. The zero-order chi connectivity index (χ0) is 14.0. The predicted octanol–water partition coefficient (Wildman–Crippen LogP) is 3.03. The molecule has 1 aromatic heterocycles. The van der Waals surface area contributed by atoms with Gasteiger partial charge in [-0.05, 0) is 24.0 Å². The number of nitrogens with zero attached hydrogens (tertiary/aromatic N) is 2. The van der Waals surface area contributed by atoms with E-state index < -0.39 is 5.97 Å². The largest absolute Gasteiger partial charge is 0.477 e. The number of aromatic carboxylic acids is 1. The topological polar surface area (TPSA) is 81.1 Å². The summed E-state index contributed by atoms with van der Waals surface area (Å²) in [5.41, 5.74) is 6.69. The number of rotatable bonds is 4. The van der Waals surface area contributed by atoms with E-state index in [4.69, 9.17) is 5.73 Å². The number of hydrogen-bond donors (Lipinski definition) is 2. The maximum absolute atomic E-state index is 11.3. The Balaban J connectivity index is 2.59. The summed E-state index contributed by atoms with van der Waals surface area (Å²) >= 11 is 4.73. The molecule has 0 spiro atoms. The summed E-state index contributed by atoms with van der Waals surface area (Å²) in [5, 5.41) is 14.0. The number of benzene rings is 1. The van der Waals surface area contributed by atoms with Crippen molar-refractivity contribution in [3.8, 4) is 5.69 Å². The molecule has 0 unspecified atom stereocenters. The van der Waals surface area contributed by atoms with Crippen LogP contribution in [0.3, 0.4) is 0 Å². The second-order valence-electron chi connectivity index (χ2n) is 3.70. The van der Waals surface area contributed by atoms with Crippen LogP contribution in [0, 0.1) is 0 Å². The fraction of sp³-hybridized carbons (Fsp3) is 0.167. The molecule has 0 aliphatic heterocycles. The van der Waals surface area contributed by atoms with Gasteiger partial charge in [0.1, 0.15) is 16.4 Å². The van der Waals surface area contributed by atoms with Gasteiger partial charge in [0.25, 0.3) is 0 Å². The minimum absolute atomic E-state index is 0.0619. The lowest BCUT2D eigenvalue weighted by molar-refractivity contribution is 0.0694. The summed E-state index contributed by atoms with van der Waals surface area (Å²) in [6.07, 6.45) is 0.